The molecular weight excluding hydrogens is 254 g/mol. The van der Waals surface area contributed by atoms with E-state index in [4.69, 9.17) is 14.6 Å². The third-order valence-electron chi connectivity index (χ3n) is 4.69. The standard InChI is InChI=1S/C12H21NO4S/c13-18(14,15)7-11-6-16-8-12(17-11)5-9-1-3-10(12)4-2-9/h9-11H,1-8H2,(H2,13,14,15). The highest BCUT2D eigenvalue weighted by Crippen LogP contribution is 2.50. The minimum atomic E-state index is -3.50. The first kappa shape index (κ1) is 12.8. The minimum Gasteiger partial charge on any atom is -0.376 e. The minimum absolute atomic E-state index is 0.133. The molecule has 4 aliphatic rings. The number of nitrogens with two attached hydrogens (primary N) is 1. The Bertz CT molecular complexity index is 416. The highest BCUT2D eigenvalue weighted by atomic mass is 32.2. The van der Waals surface area contributed by atoms with Crippen LogP contribution in [0.1, 0.15) is 32.1 Å². The zero-order chi connectivity index (χ0) is 12.8. The van der Waals surface area contributed by atoms with E-state index in [1.807, 2.05) is 0 Å². The number of sulfonamides is 1. The van der Waals surface area contributed by atoms with Crippen molar-refractivity contribution in [1.29, 1.82) is 0 Å². The molecule has 5 nitrogen and oxygen atoms in total. The molecule has 0 aromatic heterocycles. The molecule has 0 amide bonds. The quantitative estimate of drug-likeness (QED) is 0.802. The third-order valence-corrected chi connectivity index (χ3v) is 5.53. The fraction of sp³-hybridized carbons (Fsp3) is 1.00. The number of fused-ring (bicyclic) bond motifs is 2. The topological polar surface area (TPSA) is 78.6 Å². The maximum atomic E-state index is 11.2. The van der Waals surface area contributed by atoms with Gasteiger partial charge in [-0.2, -0.15) is 0 Å². The van der Waals surface area contributed by atoms with Crippen LogP contribution in [0.3, 0.4) is 0 Å². The van der Waals surface area contributed by atoms with E-state index in [1.165, 1.54) is 25.7 Å². The molecule has 4 rings (SSSR count). The van der Waals surface area contributed by atoms with Crippen LogP contribution in [0.4, 0.5) is 0 Å². The molecule has 1 saturated heterocycles. The molecule has 2 unspecified atom stereocenters. The van der Waals surface area contributed by atoms with Gasteiger partial charge in [0.05, 0.1) is 30.7 Å². The van der Waals surface area contributed by atoms with Gasteiger partial charge in [0, 0.05) is 0 Å². The van der Waals surface area contributed by atoms with Gasteiger partial charge in [-0.1, -0.05) is 0 Å². The fourth-order valence-corrected chi connectivity index (χ4v) is 4.66. The van der Waals surface area contributed by atoms with Gasteiger partial charge >= 0.3 is 0 Å². The Hall–Kier alpha value is -0.170. The summed E-state index contributed by atoms with van der Waals surface area (Å²) in [4.78, 5) is 0. The molecule has 6 heteroatoms. The summed E-state index contributed by atoms with van der Waals surface area (Å²) in [6.07, 6.45) is 5.59. The number of hydrogen-bond donors (Lipinski definition) is 1. The molecular formula is C12H21NO4S. The Balaban J connectivity index is 1.73. The van der Waals surface area contributed by atoms with Gasteiger partial charge in [-0.3, -0.25) is 0 Å². The summed E-state index contributed by atoms with van der Waals surface area (Å²) in [5, 5.41) is 5.10. The van der Waals surface area contributed by atoms with Gasteiger partial charge in [-0.25, -0.2) is 13.6 Å². The van der Waals surface area contributed by atoms with Crippen LogP contribution in [0.5, 0.6) is 0 Å². The van der Waals surface area contributed by atoms with E-state index in [9.17, 15) is 8.42 Å². The number of primary sulfonamides is 1. The van der Waals surface area contributed by atoms with Crippen LogP contribution in [0.2, 0.25) is 0 Å². The predicted octanol–water partition coefficient (Wildman–Crippen LogP) is 0.639. The zero-order valence-corrected chi connectivity index (χ0v) is 11.3. The molecule has 2 atom stereocenters. The van der Waals surface area contributed by atoms with Crippen molar-refractivity contribution >= 4 is 10.0 Å². The Morgan fingerprint density at radius 2 is 1.94 bits per heavy atom. The molecule has 3 saturated carbocycles. The van der Waals surface area contributed by atoms with Crippen LogP contribution in [0.15, 0.2) is 0 Å². The van der Waals surface area contributed by atoms with Crippen LogP contribution < -0.4 is 5.14 Å². The molecule has 3 aliphatic carbocycles. The van der Waals surface area contributed by atoms with Gasteiger partial charge in [0.1, 0.15) is 0 Å². The van der Waals surface area contributed by atoms with E-state index < -0.39 is 16.1 Å². The van der Waals surface area contributed by atoms with Gasteiger partial charge in [0.15, 0.2) is 0 Å². The Kier molecular flexibility index (Phi) is 3.17. The lowest BCUT2D eigenvalue weighted by atomic mass is 9.62. The van der Waals surface area contributed by atoms with Crippen LogP contribution >= 0.6 is 0 Å². The van der Waals surface area contributed by atoms with Crippen molar-refractivity contribution in [3.63, 3.8) is 0 Å². The second-order valence-electron chi connectivity index (χ2n) is 6.07. The van der Waals surface area contributed by atoms with E-state index in [2.05, 4.69) is 0 Å². The Morgan fingerprint density at radius 3 is 2.50 bits per heavy atom. The highest BCUT2D eigenvalue weighted by molar-refractivity contribution is 7.89. The summed E-state index contributed by atoms with van der Waals surface area (Å²) < 4.78 is 34.1. The van der Waals surface area contributed by atoms with E-state index >= 15 is 0 Å². The van der Waals surface area contributed by atoms with Gasteiger partial charge in [0.2, 0.25) is 10.0 Å². The van der Waals surface area contributed by atoms with E-state index in [-0.39, 0.29) is 11.4 Å². The average Bonchev–Trinajstić information content (AvgIpc) is 2.28. The zero-order valence-electron chi connectivity index (χ0n) is 10.5. The van der Waals surface area contributed by atoms with Gasteiger partial charge < -0.3 is 9.47 Å². The molecule has 1 heterocycles. The summed E-state index contributed by atoms with van der Waals surface area (Å²) in [6.45, 7) is 0.963. The van der Waals surface area contributed by atoms with Crippen molar-refractivity contribution in [3.8, 4) is 0 Å². The van der Waals surface area contributed by atoms with Gasteiger partial charge in [-0.05, 0) is 43.9 Å². The summed E-state index contributed by atoms with van der Waals surface area (Å²) in [7, 11) is -3.50. The highest BCUT2D eigenvalue weighted by Gasteiger charge is 2.51. The second-order valence-corrected chi connectivity index (χ2v) is 7.73. The van der Waals surface area contributed by atoms with Gasteiger partial charge in [-0.15, -0.1) is 0 Å². The molecule has 0 aromatic rings. The van der Waals surface area contributed by atoms with Crippen LogP contribution in [0.25, 0.3) is 0 Å². The normalized spacial score (nSPS) is 44.4. The predicted molar refractivity (Wildman–Crippen MR) is 66.5 cm³/mol. The second kappa shape index (κ2) is 4.44. The molecule has 2 bridgehead atoms. The number of hydrogen-bond acceptors (Lipinski definition) is 4. The van der Waals surface area contributed by atoms with Crippen molar-refractivity contribution in [2.45, 2.75) is 43.8 Å². The van der Waals surface area contributed by atoms with Crippen LogP contribution in [-0.2, 0) is 19.5 Å². The molecule has 1 aliphatic heterocycles. The van der Waals surface area contributed by atoms with E-state index in [1.54, 1.807) is 0 Å². The molecule has 104 valence electrons. The van der Waals surface area contributed by atoms with Crippen molar-refractivity contribution in [2.75, 3.05) is 19.0 Å². The molecule has 4 fully saturated rings. The maximum Gasteiger partial charge on any atom is 0.211 e. The monoisotopic (exact) mass is 275 g/mol. The lowest BCUT2D eigenvalue weighted by Gasteiger charge is -2.54. The molecule has 0 radical (unpaired) electrons. The first-order valence-electron chi connectivity index (χ1n) is 6.73. The molecule has 1 spiro atoms. The first-order valence-corrected chi connectivity index (χ1v) is 8.44. The van der Waals surface area contributed by atoms with E-state index in [0.29, 0.717) is 19.1 Å². The maximum absolute atomic E-state index is 11.2. The largest absolute Gasteiger partial charge is 0.376 e. The summed E-state index contributed by atoms with van der Waals surface area (Å²) in [5.41, 5.74) is -0.227. The Labute approximate surface area is 108 Å². The van der Waals surface area contributed by atoms with E-state index in [0.717, 1.165) is 12.3 Å². The summed E-state index contributed by atoms with van der Waals surface area (Å²) >= 11 is 0. The third kappa shape index (κ3) is 2.43. The smallest absolute Gasteiger partial charge is 0.211 e. The SMILES string of the molecule is NS(=O)(=O)CC1COCC2(CC3CCC2CC3)O1. The average molecular weight is 275 g/mol. The summed E-state index contributed by atoms with van der Waals surface area (Å²) in [5.74, 6) is 1.13. The Morgan fingerprint density at radius 1 is 1.22 bits per heavy atom. The lowest BCUT2D eigenvalue weighted by Crippen LogP contribution is -2.58. The molecule has 0 aromatic carbocycles. The van der Waals surface area contributed by atoms with Crippen molar-refractivity contribution < 1.29 is 17.9 Å². The van der Waals surface area contributed by atoms with Crippen molar-refractivity contribution in [3.05, 3.63) is 0 Å². The van der Waals surface area contributed by atoms with Crippen LogP contribution in [0, 0.1) is 11.8 Å². The summed E-state index contributed by atoms with van der Waals surface area (Å²) in [6, 6.07) is 0. The lowest BCUT2D eigenvalue weighted by molar-refractivity contribution is -0.244. The number of rotatable bonds is 2. The molecule has 2 N–H and O–H groups in total. The van der Waals surface area contributed by atoms with Gasteiger partial charge in [0.25, 0.3) is 0 Å². The van der Waals surface area contributed by atoms with Crippen molar-refractivity contribution in [2.24, 2.45) is 17.0 Å². The van der Waals surface area contributed by atoms with Crippen molar-refractivity contribution in [1.82, 2.24) is 0 Å². The number of ether oxygens (including phenoxy) is 2. The first-order chi connectivity index (χ1) is 8.47. The fourth-order valence-electron chi connectivity index (χ4n) is 3.97. The van der Waals surface area contributed by atoms with Crippen LogP contribution in [-0.4, -0.2) is 39.1 Å². The molecule has 18 heavy (non-hydrogen) atoms.